The lowest BCUT2D eigenvalue weighted by atomic mass is 9.82. The van der Waals surface area contributed by atoms with Gasteiger partial charge < -0.3 is 24.5 Å². The summed E-state index contributed by atoms with van der Waals surface area (Å²) in [5.41, 5.74) is 1.72. The molecule has 9 heteroatoms. The minimum absolute atomic E-state index is 0.225. The van der Waals surface area contributed by atoms with Crippen molar-refractivity contribution >= 4 is 23.5 Å². The SMILES string of the molecule is CCCSc1nc2c(c(=O)[nH]1)[C@@H](c1ccc(OC)c(OC)c1)C(C(=O)OCC)=C(C)N2. The van der Waals surface area contributed by atoms with Gasteiger partial charge in [-0.15, -0.1) is 0 Å². The number of esters is 1. The van der Waals surface area contributed by atoms with Crippen LogP contribution in [0, 0.1) is 0 Å². The third-order valence-corrected chi connectivity index (χ3v) is 5.98. The second-order valence-corrected chi connectivity index (χ2v) is 8.00. The quantitative estimate of drug-likeness (QED) is 0.360. The molecular weight excluding hydrogens is 418 g/mol. The van der Waals surface area contributed by atoms with E-state index in [1.54, 1.807) is 33.1 Å². The highest BCUT2D eigenvalue weighted by molar-refractivity contribution is 7.99. The highest BCUT2D eigenvalue weighted by Gasteiger charge is 2.36. The van der Waals surface area contributed by atoms with Crippen LogP contribution < -0.4 is 20.3 Å². The zero-order valence-corrected chi connectivity index (χ0v) is 19.1. The molecule has 0 unspecified atom stereocenters. The number of thioether (sulfide) groups is 1. The first-order chi connectivity index (χ1) is 14.9. The fraction of sp³-hybridized carbons (Fsp3) is 0.409. The van der Waals surface area contributed by atoms with Crippen LogP contribution >= 0.6 is 11.8 Å². The molecule has 0 radical (unpaired) electrons. The van der Waals surface area contributed by atoms with Crippen LogP contribution in [0.2, 0.25) is 0 Å². The molecule has 2 N–H and O–H groups in total. The van der Waals surface area contributed by atoms with Gasteiger partial charge in [0.15, 0.2) is 16.7 Å². The molecule has 0 saturated heterocycles. The van der Waals surface area contributed by atoms with Crippen molar-refractivity contribution in [3.63, 3.8) is 0 Å². The number of ether oxygens (including phenoxy) is 3. The number of methoxy groups -OCH3 is 2. The normalized spacial score (nSPS) is 15.2. The van der Waals surface area contributed by atoms with E-state index < -0.39 is 11.9 Å². The maximum Gasteiger partial charge on any atom is 0.336 e. The summed E-state index contributed by atoms with van der Waals surface area (Å²) in [5, 5.41) is 3.67. The Morgan fingerprint density at radius 2 is 1.94 bits per heavy atom. The van der Waals surface area contributed by atoms with Crippen molar-refractivity contribution in [3.05, 3.63) is 50.9 Å². The number of carbonyl (C=O) groups is 1. The lowest BCUT2D eigenvalue weighted by molar-refractivity contribution is -0.138. The fourth-order valence-corrected chi connectivity index (χ4v) is 4.26. The standard InChI is InChI=1S/C22H27N3O5S/c1-6-10-31-22-24-19-18(20(26)25-22)17(16(12(3)23-19)21(27)30-7-2)13-8-9-14(28-4)15(11-13)29-5/h8-9,11,17H,6-7,10H2,1-5H3,(H2,23,24,25,26)/t17-/m0/s1. The predicted molar refractivity (Wildman–Crippen MR) is 120 cm³/mol. The van der Waals surface area contributed by atoms with Crippen LogP contribution in [0.1, 0.15) is 44.2 Å². The molecule has 0 amide bonds. The molecule has 0 saturated carbocycles. The topological polar surface area (TPSA) is 103 Å². The number of rotatable bonds is 8. The number of allylic oxidation sites excluding steroid dienone is 1. The zero-order valence-electron chi connectivity index (χ0n) is 18.3. The van der Waals surface area contributed by atoms with E-state index in [9.17, 15) is 9.59 Å². The van der Waals surface area contributed by atoms with Gasteiger partial charge >= 0.3 is 5.97 Å². The molecule has 2 heterocycles. The average molecular weight is 446 g/mol. The molecule has 0 fully saturated rings. The maximum absolute atomic E-state index is 13.2. The van der Waals surface area contributed by atoms with Crippen molar-refractivity contribution in [1.29, 1.82) is 0 Å². The van der Waals surface area contributed by atoms with Gasteiger partial charge in [-0.3, -0.25) is 4.79 Å². The highest BCUT2D eigenvalue weighted by Crippen LogP contribution is 2.42. The minimum atomic E-state index is -0.670. The summed E-state index contributed by atoms with van der Waals surface area (Å²) in [6.07, 6.45) is 0.957. The van der Waals surface area contributed by atoms with E-state index in [1.807, 2.05) is 6.07 Å². The second-order valence-electron chi connectivity index (χ2n) is 6.91. The van der Waals surface area contributed by atoms with E-state index in [-0.39, 0.29) is 12.2 Å². The van der Waals surface area contributed by atoms with Crippen molar-refractivity contribution in [2.75, 3.05) is 31.9 Å². The van der Waals surface area contributed by atoms with Crippen molar-refractivity contribution in [1.82, 2.24) is 9.97 Å². The van der Waals surface area contributed by atoms with E-state index in [4.69, 9.17) is 14.2 Å². The van der Waals surface area contributed by atoms with Gasteiger partial charge in [0.1, 0.15) is 5.82 Å². The molecule has 1 aliphatic rings. The van der Waals surface area contributed by atoms with E-state index in [2.05, 4.69) is 22.2 Å². The number of fused-ring (bicyclic) bond motifs is 1. The summed E-state index contributed by atoms with van der Waals surface area (Å²) < 4.78 is 16.1. The lowest BCUT2D eigenvalue weighted by Gasteiger charge is -2.29. The molecule has 8 nitrogen and oxygen atoms in total. The zero-order chi connectivity index (χ0) is 22.5. The van der Waals surface area contributed by atoms with Gasteiger partial charge in [0.25, 0.3) is 5.56 Å². The largest absolute Gasteiger partial charge is 0.493 e. The van der Waals surface area contributed by atoms with Crippen LogP contribution in [0.25, 0.3) is 0 Å². The summed E-state index contributed by atoms with van der Waals surface area (Å²) >= 11 is 1.48. The molecule has 31 heavy (non-hydrogen) atoms. The first-order valence-corrected chi connectivity index (χ1v) is 11.1. The predicted octanol–water partition coefficient (Wildman–Crippen LogP) is 3.68. The average Bonchev–Trinajstić information content (AvgIpc) is 2.76. The van der Waals surface area contributed by atoms with Gasteiger partial charge in [0, 0.05) is 11.4 Å². The summed E-state index contributed by atoms with van der Waals surface area (Å²) in [5.74, 6) is 1.17. The number of nitrogens with one attached hydrogen (secondary N) is 2. The smallest absolute Gasteiger partial charge is 0.336 e. The molecule has 3 rings (SSSR count). The Morgan fingerprint density at radius 1 is 1.19 bits per heavy atom. The summed E-state index contributed by atoms with van der Waals surface area (Å²) in [4.78, 5) is 33.5. The Morgan fingerprint density at radius 3 is 2.58 bits per heavy atom. The maximum atomic E-state index is 13.2. The van der Waals surface area contributed by atoms with E-state index in [0.29, 0.717) is 44.9 Å². The number of aromatic nitrogens is 2. The second kappa shape index (κ2) is 9.91. The van der Waals surface area contributed by atoms with Gasteiger partial charge in [0.2, 0.25) is 0 Å². The molecule has 0 bridgehead atoms. The molecule has 1 aromatic heterocycles. The van der Waals surface area contributed by atoms with E-state index >= 15 is 0 Å². The molecule has 166 valence electrons. The van der Waals surface area contributed by atoms with Crippen LogP contribution in [0.15, 0.2) is 39.4 Å². The molecule has 1 atom stereocenters. The summed E-state index contributed by atoms with van der Waals surface area (Å²) in [6, 6.07) is 5.33. The number of H-pyrrole nitrogens is 1. The van der Waals surface area contributed by atoms with Gasteiger partial charge in [-0.1, -0.05) is 24.8 Å². The molecule has 1 aromatic carbocycles. The monoisotopic (exact) mass is 445 g/mol. The van der Waals surface area contributed by atoms with Crippen LogP contribution in [0.4, 0.5) is 5.82 Å². The Hall–Kier alpha value is -2.94. The first kappa shape index (κ1) is 22.7. The molecule has 0 spiro atoms. The lowest BCUT2D eigenvalue weighted by Crippen LogP contribution is -2.31. The Balaban J connectivity index is 2.22. The van der Waals surface area contributed by atoms with Crippen molar-refractivity contribution < 1.29 is 19.0 Å². The van der Waals surface area contributed by atoms with Crippen molar-refractivity contribution in [2.45, 2.75) is 38.3 Å². The minimum Gasteiger partial charge on any atom is -0.493 e. The third kappa shape index (κ3) is 4.56. The van der Waals surface area contributed by atoms with Crippen LogP contribution in [-0.4, -0.2) is 42.5 Å². The van der Waals surface area contributed by atoms with E-state index in [0.717, 1.165) is 12.2 Å². The number of nitrogens with zero attached hydrogens (tertiary/aromatic N) is 1. The molecule has 0 aliphatic carbocycles. The Labute approximate surface area is 185 Å². The van der Waals surface area contributed by atoms with Gasteiger partial charge in [-0.05, 0) is 38.0 Å². The summed E-state index contributed by atoms with van der Waals surface area (Å²) in [6.45, 7) is 5.81. The number of hydrogen-bond acceptors (Lipinski definition) is 8. The molecular formula is C22H27N3O5S. The van der Waals surface area contributed by atoms with Crippen molar-refractivity contribution in [3.8, 4) is 11.5 Å². The van der Waals surface area contributed by atoms with E-state index in [1.165, 1.54) is 18.9 Å². The van der Waals surface area contributed by atoms with Crippen LogP contribution in [-0.2, 0) is 9.53 Å². The number of benzene rings is 1. The fourth-order valence-electron chi connectivity index (χ4n) is 3.54. The number of aromatic amines is 1. The Bertz CT molecular complexity index is 1060. The number of anilines is 1. The molecule has 2 aromatic rings. The third-order valence-electron chi connectivity index (χ3n) is 4.90. The van der Waals surface area contributed by atoms with Gasteiger partial charge in [-0.25, -0.2) is 9.78 Å². The molecule has 1 aliphatic heterocycles. The van der Waals surface area contributed by atoms with Gasteiger partial charge in [-0.2, -0.15) is 0 Å². The first-order valence-electron chi connectivity index (χ1n) is 10.1. The Kier molecular flexibility index (Phi) is 7.27. The number of carbonyl (C=O) groups excluding carboxylic acids is 1. The van der Waals surface area contributed by atoms with Crippen LogP contribution in [0.3, 0.4) is 0 Å². The van der Waals surface area contributed by atoms with Gasteiger partial charge in [0.05, 0.1) is 37.9 Å². The number of hydrogen-bond donors (Lipinski definition) is 2. The highest BCUT2D eigenvalue weighted by atomic mass is 32.2. The summed E-state index contributed by atoms with van der Waals surface area (Å²) in [7, 11) is 3.09. The van der Waals surface area contributed by atoms with Crippen molar-refractivity contribution in [2.24, 2.45) is 0 Å². The van der Waals surface area contributed by atoms with Crippen LogP contribution in [0.5, 0.6) is 11.5 Å².